The fraction of sp³-hybridized carbons (Fsp3) is 0.200. The Morgan fingerprint density at radius 1 is 1.14 bits per heavy atom. The van der Waals surface area contributed by atoms with Gasteiger partial charge in [0.15, 0.2) is 0 Å². The lowest BCUT2D eigenvalue weighted by molar-refractivity contribution is 0.0819. The Balaban J connectivity index is 2.15. The minimum absolute atomic E-state index is 0.122. The molecule has 0 aromatic heterocycles. The molecule has 0 heterocycles. The summed E-state index contributed by atoms with van der Waals surface area (Å²) in [5.74, 6) is 0.171. The molecule has 0 saturated heterocycles. The number of hydrogen-bond donors (Lipinski definition) is 1. The second-order valence-corrected chi connectivity index (χ2v) is 6.33. The lowest BCUT2D eigenvalue weighted by Gasteiger charge is -2.10. The van der Waals surface area contributed by atoms with E-state index >= 15 is 0 Å². The van der Waals surface area contributed by atoms with Crippen molar-refractivity contribution >= 4 is 15.7 Å². The Kier molecular flexibility index (Phi) is 4.97. The van der Waals surface area contributed by atoms with Crippen LogP contribution in [-0.2, 0) is 10.0 Å². The van der Waals surface area contributed by atoms with Crippen LogP contribution in [0, 0.1) is 6.92 Å². The summed E-state index contributed by atoms with van der Waals surface area (Å²) in [5.41, 5.74) is 1.19. The number of aryl methyl sites for hydroxylation is 1. The van der Waals surface area contributed by atoms with E-state index in [0.29, 0.717) is 0 Å². The highest BCUT2D eigenvalue weighted by Gasteiger charge is 2.14. The lowest BCUT2D eigenvalue weighted by atomic mass is 10.2. The fourth-order valence-corrected chi connectivity index (χ4v) is 2.79. The summed E-state index contributed by atoms with van der Waals surface area (Å²) in [4.78, 5) is 0.122. The first-order chi connectivity index (χ1) is 10.4. The van der Waals surface area contributed by atoms with E-state index in [1.807, 2.05) is 6.92 Å². The molecule has 0 saturated carbocycles. The molecule has 0 bridgehead atoms. The zero-order valence-corrected chi connectivity index (χ0v) is 12.6. The van der Waals surface area contributed by atoms with E-state index in [1.165, 1.54) is 36.4 Å². The highest BCUT2D eigenvalue weighted by atomic mass is 32.2. The van der Waals surface area contributed by atoms with Gasteiger partial charge in [0.1, 0.15) is 12.4 Å². The Morgan fingerprint density at radius 2 is 1.82 bits per heavy atom. The smallest absolute Gasteiger partial charge is 0.272 e. The SMILES string of the molecule is Cc1ccc(S(=O)(=O)Nc2cccc(OCC(F)F)c2)cc1. The monoisotopic (exact) mass is 327 g/mol. The Labute approximate surface area is 127 Å². The topological polar surface area (TPSA) is 55.4 Å². The summed E-state index contributed by atoms with van der Waals surface area (Å²) in [5, 5.41) is 0. The van der Waals surface area contributed by atoms with E-state index in [2.05, 4.69) is 4.72 Å². The van der Waals surface area contributed by atoms with Crippen molar-refractivity contribution in [2.45, 2.75) is 18.2 Å². The summed E-state index contributed by atoms with van der Waals surface area (Å²) < 4.78 is 55.9. The van der Waals surface area contributed by atoms with Crippen LogP contribution >= 0.6 is 0 Å². The molecule has 4 nitrogen and oxygen atoms in total. The molecule has 0 atom stereocenters. The first-order valence-electron chi connectivity index (χ1n) is 6.47. The number of halogens is 2. The van der Waals surface area contributed by atoms with Crippen LogP contribution in [0.2, 0.25) is 0 Å². The fourth-order valence-electron chi connectivity index (χ4n) is 1.74. The molecule has 2 aromatic rings. The van der Waals surface area contributed by atoms with E-state index in [-0.39, 0.29) is 16.3 Å². The zero-order chi connectivity index (χ0) is 16.2. The highest BCUT2D eigenvalue weighted by Crippen LogP contribution is 2.21. The van der Waals surface area contributed by atoms with Crippen molar-refractivity contribution in [3.63, 3.8) is 0 Å². The number of ether oxygens (including phenoxy) is 1. The summed E-state index contributed by atoms with van der Waals surface area (Å²) in [6.07, 6.45) is -2.59. The number of sulfonamides is 1. The van der Waals surface area contributed by atoms with Crippen LogP contribution in [0.5, 0.6) is 5.75 Å². The van der Waals surface area contributed by atoms with Crippen molar-refractivity contribution in [2.75, 3.05) is 11.3 Å². The van der Waals surface area contributed by atoms with Gasteiger partial charge < -0.3 is 4.74 Å². The molecule has 22 heavy (non-hydrogen) atoms. The summed E-state index contributed by atoms with van der Waals surface area (Å²) in [6.45, 7) is 1.11. The predicted octanol–water partition coefficient (Wildman–Crippen LogP) is 3.44. The van der Waals surface area contributed by atoms with E-state index < -0.39 is 23.1 Å². The summed E-state index contributed by atoms with van der Waals surface area (Å²) >= 11 is 0. The Morgan fingerprint density at radius 3 is 2.45 bits per heavy atom. The normalized spacial score (nSPS) is 11.5. The third kappa shape index (κ3) is 4.42. The van der Waals surface area contributed by atoms with E-state index in [1.54, 1.807) is 12.1 Å². The minimum atomic E-state index is -3.73. The van der Waals surface area contributed by atoms with Crippen molar-refractivity contribution in [3.8, 4) is 5.75 Å². The standard InChI is InChI=1S/C15H15F2NO3S/c1-11-5-7-14(8-6-11)22(19,20)18-12-3-2-4-13(9-12)21-10-15(16)17/h2-9,15,18H,10H2,1H3. The second-order valence-electron chi connectivity index (χ2n) is 4.65. The second kappa shape index (κ2) is 6.74. The minimum Gasteiger partial charge on any atom is -0.488 e. The van der Waals surface area contributed by atoms with Crippen LogP contribution < -0.4 is 9.46 Å². The van der Waals surface area contributed by atoms with Crippen LogP contribution in [0.4, 0.5) is 14.5 Å². The molecule has 1 N–H and O–H groups in total. The van der Waals surface area contributed by atoms with Crippen LogP contribution in [-0.4, -0.2) is 21.5 Å². The number of anilines is 1. The van der Waals surface area contributed by atoms with Gasteiger partial charge in [-0.05, 0) is 31.2 Å². The average molecular weight is 327 g/mol. The van der Waals surface area contributed by atoms with Crippen LogP contribution in [0.15, 0.2) is 53.4 Å². The van der Waals surface area contributed by atoms with Crippen molar-refractivity contribution < 1.29 is 21.9 Å². The van der Waals surface area contributed by atoms with Gasteiger partial charge in [-0.3, -0.25) is 4.72 Å². The molecular formula is C15H15F2NO3S. The number of hydrogen-bond acceptors (Lipinski definition) is 3. The zero-order valence-electron chi connectivity index (χ0n) is 11.8. The molecule has 2 rings (SSSR count). The van der Waals surface area contributed by atoms with E-state index in [0.717, 1.165) is 5.56 Å². The van der Waals surface area contributed by atoms with Crippen molar-refractivity contribution in [1.82, 2.24) is 0 Å². The molecule has 0 unspecified atom stereocenters. The third-order valence-corrected chi connectivity index (χ3v) is 4.19. The van der Waals surface area contributed by atoms with E-state index in [4.69, 9.17) is 4.74 Å². The largest absolute Gasteiger partial charge is 0.488 e. The van der Waals surface area contributed by atoms with Crippen molar-refractivity contribution in [3.05, 3.63) is 54.1 Å². The van der Waals surface area contributed by atoms with Gasteiger partial charge in [-0.2, -0.15) is 0 Å². The van der Waals surface area contributed by atoms with Crippen molar-refractivity contribution in [2.24, 2.45) is 0 Å². The molecule has 2 aromatic carbocycles. The number of alkyl halides is 2. The number of rotatable bonds is 6. The van der Waals surface area contributed by atoms with Gasteiger partial charge in [-0.15, -0.1) is 0 Å². The molecule has 7 heteroatoms. The molecular weight excluding hydrogens is 312 g/mol. The van der Waals surface area contributed by atoms with Gasteiger partial charge in [-0.1, -0.05) is 23.8 Å². The maximum atomic E-state index is 12.2. The number of nitrogens with one attached hydrogen (secondary N) is 1. The van der Waals surface area contributed by atoms with E-state index in [9.17, 15) is 17.2 Å². The third-order valence-electron chi connectivity index (χ3n) is 2.79. The molecule has 118 valence electrons. The van der Waals surface area contributed by atoms with Crippen molar-refractivity contribution in [1.29, 1.82) is 0 Å². The molecule has 0 amide bonds. The maximum Gasteiger partial charge on any atom is 0.272 e. The lowest BCUT2D eigenvalue weighted by Crippen LogP contribution is -2.13. The van der Waals surface area contributed by atoms with Gasteiger partial charge in [0.05, 0.1) is 10.6 Å². The highest BCUT2D eigenvalue weighted by molar-refractivity contribution is 7.92. The molecule has 0 aliphatic carbocycles. The van der Waals surface area contributed by atoms with Gasteiger partial charge in [-0.25, -0.2) is 17.2 Å². The van der Waals surface area contributed by atoms with Gasteiger partial charge >= 0.3 is 0 Å². The molecule has 0 fully saturated rings. The summed E-state index contributed by atoms with van der Waals surface area (Å²) in [6, 6.07) is 12.2. The quantitative estimate of drug-likeness (QED) is 0.884. The Hall–Kier alpha value is -2.15. The van der Waals surface area contributed by atoms with Gasteiger partial charge in [0.2, 0.25) is 0 Å². The average Bonchev–Trinajstić information content (AvgIpc) is 2.45. The molecule has 0 spiro atoms. The number of benzene rings is 2. The Bertz CT molecular complexity index is 731. The summed E-state index contributed by atoms with van der Waals surface area (Å²) in [7, 11) is -3.73. The molecule has 0 aliphatic heterocycles. The molecule has 0 radical (unpaired) electrons. The first kappa shape index (κ1) is 16.2. The first-order valence-corrected chi connectivity index (χ1v) is 7.95. The maximum absolute atomic E-state index is 12.2. The van der Waals surface area contributed by atoms with Crippen LogP contribution in [0.25, 0.3) is 0 Å². The van der Waals surface area contributed by atoms with Gasteiger partial charge in [0, 0.05) is 6.07 Å². The predicted molar refractivity (Wildman–Crippen MR) is 79.9 cm³/mol. The van der Waals surface area contributed by atoms with Crippen LogP contribution in [0.3, 0.4) is 0 Å². The van der Waals surface area contributed by atoms with Crippen LogP contribution in [0.1, 0.15) is 5.56 Å². The van der Waals surface area contributed by atoms with Gasteiger partial charge in [0.25, 0.3) is 16.4 Å². The molecule has 0 aliphatic rings.